The minimum Gasteiger partial charge on any atom is -0.338 e. The zero-order valence-corrected chi connectivity index (χ0v) is 14.2. The van der Waals surface area contributed by atoms with Crippen molar-refractivity contribution in [2.45, 2.75) is 39.3 Å². The predicted octanol–water partition coefficient (Wildman–Crippen LogP) is 2.56. The fraction of sp³-hybridized carbons (Fsp3) is 0.421. The van der Waals surface area contributed by atoms with Crippen molar-refractivity contribution in [1.29, 1.82) is 0 Å². The highest BCUT2D eigenvalue weighted by atomic mass is 16.2. The Morgan fingerprint density at radius 3 is 2.67 bits per heavy atom. The molecule has 2 aromatic rings. The Hall–Kier alpha value is -2.43. The molecule has 5 nitrogen and oxygen atoms in total. The van der Waals surface area contributed by atoms with Gasteiger partial charge in [0, 0.05) is 24.2 Å². The van der Waals surface area contributed by atoms with E-state index in [9.17, 15) is 9.59 Å². The Morgan fingerprint density at radius 2 is 1.96 bits per heavy atom. The van der Waals surface area contributed by atoms with E-state index >= 15 is 0 Å². The van der Waals surface area contributed by atoms with Crippen LogP contribution in [0.25, 0.3) is 11.3 Å². The van der Waals surface area contributed by atoms with Crippen LogP contribution in [-0.2, 0) is 11.3 Å². The number of nitrogens with zero attached hydrogens (tertiary/aromatic N) is 3. The summed E-state index contributed by atoms with van der Waals surface area (Å²) < 4.78 is 1.28. The molecule has 0 unspecified atom stereocenters. The highest BCUT2D eigenvalue weighted by Gasteiger charge is 2.30. The lowest BCUT2D eigenvalue weighted by Gasteiger charge is -2.27. The van der Waals surface area contributed by atoms with Crippen molar-refractivity contribution < 1.29 is 4.79 Å². The molecular weight excluding hydrogens is 302 g/mol. The number of likely N-dealkylation sites (tertiary alicyclic amines) is 1. The van der Waals surface area contributed by atoms with Crippen molar-refractivity contribution in [3.05, 3.63) is 52.8 Å². The SMILES string of the molecule is CC(C)[C@H]1CCCN1C(=O)Cn1nc(-c2ccccc2)ccc1=O. The zero-order valence-electron chi connectivity index (χ0n) is 14.2. The molecule has 0 saturated carbocycles. The van der Waals surface area contributed by atoms with E-state index < -0.39 is 0 Å². The van der Waals surface area contributed by atoms with Crippen molar-refractivity contribution in [2.75, 3.05) is 6.54 Å². The van der Waals surface area contributed by atoms with Crippen molar-refractivity contribution >= 4 is 5.91 Å². The molecule has 1 aromatic heterocycles. The number of hydrogen-bond donors (Lipinski definition) is 0. The molecule has 1 atom stereocenters. The molecule has 1 aromatic carbocycles. The Kier molecular flexibility index (Phi) is 4.79. The highest BCUT2D eigenvalue weighted by Crippen LogP contribution is 2.24. The maximum atomic E-state index is 12.7. The van der Waals surface area contributed by atoms with Gasteiger partial charge in [0.2, 0.25) is 5.91 Å². The van der Waals surface area contributed by atoms with Crippen LogP contribution >= 0.6 is 0 Å². The van der Waals surface area contributed by atoms with E-state index in [4.69, 9.17) is 0 Å². The lowest BCUT2D eigenvalue weighted by Crippen LogP contribution is -2.42. The van der Waals surface area contributed by atoms with E-state index in [1.54, 1.807) is 6.07 Å². The summed E-state index contributed by atoms with van der Waals surface area (Å²) in [7, 11) is 0. The number of benzene rings is 1. The molecule has 0 spiro atoms. The van der Waals surface area contributed by atoms with Gasteiger partial charge in [0.1, 0.15) is 6.54 Å². The maximum Gasteiger partial charge on any atom is 0.267 e. The average Bonchev–Trinajstić information content (AvgIpc) is 3.08. The lowest BCUT2D eigenvalue weighted by molar-refractivity contribution is -0.133. The van der Waals surface area contributed by atoms with Gasteiger partial charge in [-0.1, -0.05) is 44.2 Å². The standard InChI is InChI=1S/C19H23N3O2/c1-14(2)17-9-6-12-21(17)19(24)13-22-18(23)11-10-16(20-22)15-7-4-3-5-8-15/h3-5,7-8,10-11,14,17H,6,9,12-13H2,1-2H3/t17-/m1/s1. The molecule has 24 heavy (non-hydrogen) atoms. The number of carbonyl (C=O) groups is 1. The summed E-state index contributed by atoms with van der Waals surface area (Å²) in [4.78, 5) is 26.7. The van der Waals surface area contributed by atoms with Gasteiger partial charge in [-0.3, -0.25) is 9.59 Å². The van der Waals surface area contributed by atoms with Gasteiger partial charge in [-0.15, -0.1) is 0 Å². The van der Waals surface area contributed by atoms with Crippen LogP contribution in [0.5, 0.6) is 0 Å². The minimum absolute atomic E-state index is 0.00271. The molecule has 2 heterocycles. The van der Waals surface area contributed by atoms with Gasteiger partial charge in [-0.2, -0.15) is 5.10 Å². The Balaban J connectivity index is 1.82. The van der Waals surface area contributed by atoms with Gasteiger partial charge in [0.15, 0.2) is 0 Å². The summed E-state index contributed by atoms with van der Waals surface area (Å²) in [5, 5.41) is 4.38. The first-order valence-electron chi connectivity index (χ1n) is 8.49. The average molecular weight is 325 g/mol. The second kappa shape index (κ2) is 6.99. The van der Waals surface area contributed by atoms with Gasteiger partial charge < -0.3 is 4.90 Å². The van der Waals surface area contributed by atoms with Crippen LogP contribution in [0.3, 0.4) is 0 Å². The third kappa shape index (κ3) is 3.40. The summed E-state index contributed by atoms with van der Waals surface area (Å²) in [5.74, 6) is 0.405. The highest BCUT2D eigenvalue weighted by molar-refractivity contribution is 5.76. The molecule has 126 valence electrons. The molecule has 3 rings (SSSR count). The van der Waals surface area contributed by atoms with Gasteiger partial charge in [0.05, 0.1) is 5.69 Å². The Morgan fingerprint density at radius 1 is 1.21 bits per heavy atom. The Bertz CT molecular complexity index is 768. The molecule has 1 aliphatic heterocycles. The smallest absolute Gasteiger partial charge is 0.267 e. The maximum absolute atomic E-state index is 12.7. The van der Waals surface area contributed by atoms with Gasteiger partial charge in [0.25, 0.3) is 5.56 Å². The van der Waals surface area contributed by atoms with Crippen molar-refractivity contribution in [3.8, 4) is 11.3 Å². The van der Waals surface area contributed by atoms with E-state index in [1.165, 1.54) is 10.7 Å². The topological polar surface area (TPSA) is 55.2 Å². The van der Waals surface area contributed by atoms with E-state index in [2.05, 4.69) is 18.9 Å². The normalized spacial score (nSPS) is 17.5. The number of rotatable bonds is 4. The zero-order chi connectivity index (χ0) is 17.1. The first kappa shape index (κ1) is 16.4. The number of hydrogen-bond acceptors (Lipinski definition) is 3. The molecule has 0 bridgehead atoms. The molecule has 0 radical (unpaired) electrons. The molecule has 0 aliphatic carbocycles. The van der Waals surface area contributed by atoms with E-state index in [0.717, 1.165) is 24.9 Å². The second-order valence-electron chi connectivity index (χ2n) is 6.62. The molecular formula is C19H23N3O2. The van der Waals surface area contributed by atoms with Crippen LogP contribution in [0.1, 0.15) is 26.7 Å². The van der Waals surface area contributed by atoms with Gasteiger partial charge in [-0.05, 0) is 24.8 Å². The van der Waals surface area contributed by atoms with Crippen LogP contribution in [-0.4, -0.2) is 33.2 Å². The Labute approximate surface area is 141 Å². The number of amides is 1. The third-order valence-corrected chi connectivity index (χ3v) is 4.61. The summed E-state index contributed by atoms with van der Waals surface area (Å²) in [6.45, 7) is 5.05. The van der Waals surface area contributed by atoms with E-state index in [0.29, 0.717) is 11.6 Å². The van der Waals surface area contributed by atoms with Crippen molar-refractivity contribution in [2.24, 2.45) is 5.92 Å². The quantitative estimate of drug-likeness (QED) is 0.868. The van der Waals surface area contributed by atoms with Crippen LogP contribution < -0.4 is 5.56 Å². The van der Waals surface area contributed by atoms with Gasteiger partial charge >= 0.3 is 0 Å². The lowest BCUT2D eigenvalue weighted by atomic mass is 10.0. The molecule has 0 N–H and O–H groups in total. The van der Waals surface area contributed by atoms with Crippen LogP contribution in [0, 0.1) is 5.92 Å². The summed E-state index contributed by atoms with van der Waals surface area (Å²) in [6, 6.07) is 13.1. The fourth-order valence-electron chi connectivity index (χ4n) is 3.34. The summed E-state index contributed by atoms with van der Waals surface area (Å²) in [6.07, 6.45) is 2.07. The van der Waals surface area contributed by atoms with E-state index in [-0.39, 0.29) is 24.1 Å². The predicted molar refractivity (Wildman–Crippen MR) is 93.5 cm³/mol. The number of carbonyl (C=O) groups excluding carboxylic acids is 1. The second-order valence-corrected chi connectivity index (χ2v) is 6.62. The molecule has 1 aliphatic rings. The van der Waals surface area contributed by atoms with E-state index in [1.807, 2.05) is 35.2 Å². The minimum atomic E-state index is -0.247. The first-order valence-corrected chi connectivity index (χ1v) is 8.49. The van der Waals surface area contributed by atoms with Gasteiger partial charge in [-0.25, -0.2) is 4.68 Å². The number of aromatic nitrogens is 2. The fourth-order valence-corrected chi connectivity index (χ4v) is 3.34. The summed E-state index contributed by atoms with van der Waals surface area (Å²) in [5.41, 5.74) is 1.38. The van der Waals surface area contributed by atoms with Crippen LogP contribution in [0.2, 0.25) is 0 Å². The van der Waals surface area contributed by atoms with Crippen LogP contribution in [0.15, 0.2) is 47.3 Å². The van der Waals surface area contributed by atoms with Crippen LogP contribution in [0.4, 0.5) is 0 Å². The monoisotopic (exact) mass is 325 g/mol. The molecule has 1 amide bonds. The molecule has 1 saturated heterocycles. The summed E-state index contributed by atoms with van der Waals surface area (Å²) >= 11 is 0. The first-order chi connectivity index (χ1) is 11.6. The van der Waals surface area contributed by atoms with Crippen molar-refractivity contribution in [3.63, 3.8) is 0 Å². The molecule has 1 fully saturated rings. The van der Waals surface area contributed by atoms with Crippen molar-refractivity contribution in [1.82, 2.24) is 14.7 Å². The third-order valence-electron chi connectivity index (χ3n) is 4.61. The molecule has 5 heteroatoms. The largest absolute Gasteiger partial charge is 0.338 e.